The number of esters is 1. The second kappa shape index (κ2) is 7.00. The standard InChI is InChI=1S/C16H11ClF2N2O4S/c17-11-3-6-14-20-12(8-21(14)7-11)9-25-15(22)10-1-4-13(5-2-10)26(23,24)16(18)19/h1-8,16H,9H2. The maximum atomic E-state index is 12.5. The van der Waals surface area contributed by atoms with Crippen LogP contribution in [0.1, 0.15) is 16.1 Å². The monoisotopic (exact) mass is 400 g/mol. The van der Waals surface area contributed by atoms with Crippen molar-refractivity contribution in [2.45, 2.75) is 17.3 Å². The number of halogens is 3. The first kappa shape index (κ1) is 18.3. The van der Waals surface area contributed by atoms with Gasteiger partial charge in [-0.15, -0.1) is 0 Å². The number of nitrogens with zero attached hydrogens (tertiary/aromatic N) is 2. The molecule has 0 bridgehead atoms. The summed E-state index contributed by atoms with van der Waals surface area (Å²) in [5.74, 6) is -4.26. The fourth-order valence-corrected chi connectivity index (χ4v) is 3.08. The van der Waals surface area contributed by atoms with Gasteiger partial charge in [0.1, 0.15) is 12.3 Å². The molecular formula is C16H11ClF2N2O4S. The van der Waals surface area contributed by atoms with Gasteiger partial charge in [0, 0.05) is 12.4 Å². The smallest absolute Gasteiger partial charge is 0.341 e. The molecule has 0 fully saturated rings. The minimum atomic E-state index is -4.70. The van der Waals surface area contributed by atoms with Crippen LogP contribution in [-0.2, 0) is 21.2 Å². The highest BCUT2D eigenvalue weighted by Crippen LogP contribution is 2.19. The highest BCUT2D eigenvalue weighted by Gasteiger charge is 2.26. The van der Waals surface area contributed by atoms with Gasteiger partial charge in [-0.25, -0.2) is 18.2 Å². The van der Waals surface area contributed by atoms with Crippen molar-refractivity contribution in [3.8, 4) is 0 Å². The number of aromatic nitrogens is 2. The van der Waals surface area contributed by atoms with Crippen LogP contribution in [0.4, 0.5) is 8.78 Å². The van der Waals surface area contributed by atoms with Gasteiger partial charge in [-0.05, 0) is 36.4 Å². The van der Waals surface area contributed by atoms with Crippen LogP contribution in [0.5, 0.6) is 0 Å². The number of rotatable bonds is 5. The second-order valence-electron chi connectivity index (χ2n) is 5.25. The number of sulfone groups is 1. The summed E-state index contributed by atoms with van der Waals surface area (Å²) in [6, 6.07) is 7.47. The first-order valence-corrected chi connectivity index (χ1v) is 9.12. The quantitative estimate of drug-likeness (QED) is 0.614. The van der Waals surface area contributed by atoms with Gasteiger partial charge < -0.3 is 9.14 Å². The van der Waals surface area contributed by atoms with E-state index in [-0.39, 0.29) is 12.2 Å². The Morgan fingerprint density at radius 2 is 1.85 bits per heavy atom. The van der Waals surface area contributed by atoms with Gasteiger partial charge in [0.2, 0.25) is 9.84 Å². The maximum Gasteiger partial charge on any atom is 0.341 e. The van der Waals surface area contributed by atoms with E-state index in [0.29, 0.717) is 16.4 Å². The number of fused-ring (bicyclic) bond motifs is 1. The lowest BCUT2D eigenvalue weighted by Crippen LogP contribution is -2.12. The Kier molecular flexibility index (Phi) is 4.92. The number of ether oxygens (including phenoxy) is 1. The van der Waals surface area contributed by atoms with Crippen molar-refractivity contribution in [2.24, 2.45) is 0 Å². The molecule has 6 nitrogen and oxygen atoms in total. The minimum absolute atomic E-state index is 0.0324. The minimum Gasteiger partial charge on any atom is -0.456 e. The summed E-state index contributed by atoms with van der Waals surface area (Å²) in [5.41, 5.74) is 1.14. The lowest BCUT2D eigenvalue weighted by atomic mass is 10.2. The zero-order valence-corrected chi connectivity index (χ0v) is 14.5. The summed E-state index contributed by atoms with van der Waals surface area (Å²) in [7, 11) is -4.70. The zero-order chi connectivity index (χ0) is 18.9. The molecule has 0 saturated carbocycles. The molecule has 3 rings (SSSR count). The summed E-state index contributed by atoms with van der Waals surface area (Å²) in [6.45, 7) is -0.116. The molecule has 10 heteroatoms. The highest BCUT2D eigenvalue weighted by atomic mass is 35.5. The summed E-state index contributed by atoms with van der Waals surface area (Å²) in [4.78, 5) is 15.7. The Labute approximate surface area is 151 Å². The van der Waals surface area contributed by atoms with Gasteiger partial charge in [-0.1, -0.05) is 11.6 Å². The summed E-state index contributed by atoms with van der Waals surface area (Å²) >= 11 is 5.88. The third-order valence-corrected chi connectivity index (χ3v) is 5.09. The number of benzene rings is 1. The molecule has 0 aliphatic carbocycles. The third-order valence-electron chi connectivity index (χ3n) is 3.47. The number of alkyl halides is 2. The topological polar surface area (TPSA) is 77.7 Å². The van der Waals surface area contributed by atoms with E-state index in [9.17, 15) is 22.0 Å². The summed E-state index contributed by atoms with van der Waals surface area (Å²) < 4.78 is 54.4. The third kappa shape index (κ3) is 3.68. The molecule has 2 aromatic heterocycles. The highest BCUT2D eigenvalue weighted by molar-refractivity contribution is 7.91. The molecule has 136 valence electrons. The van der Waals surface area contributed by atoms with E-state index in [4.69, 9.17) is 16.3 Å². The molecule has 0 spiro atoms. The molecule has 0 saturated heterocycles. The van der Waals surface area contributed by atoms with E-state index >= 15 is 0 Å². The van der Waals surface area contributed by atoms with Crippen molar-refractivity contribution in [1.82, 2.24) is 9.38 Å². The molecule has 0 aliphatic rings. The van der Waals surface area contributed by atoms with Crippen molar-refractivity contribution in [2.75, 3.05) is 0 Å². The molecule has 26 heavy (non-hydrogen) atoms. The lowest BCUT2D eigenvalue weighted by molar-refractivity contribution is 0.0468. The number of carbonyl (C=O) groups is 1. The van der Waals surface area contributed by atoms with Crippen LogP contribution in [-0.4, -0.2) is 29.5 Å². The van der Waals surface area contributed by atoms with Gasteiger partial charge in [0.15, 0.2) is 0 Å². The second-order valence-corrected chi connectivity index (χ2v) is 7.61. The molecule has 0 amide bonds. The van der Waals surface area contributed by atoms with Crippen LogP contribution >= 0.6 is 11.6 Å². The fraction of sp³-hybridized carbons (Fsp3) is 0.125. The number of pyridine rings is 1. The van der Waals surface area contributed by atoms with Crippen LogP contribution in [0.25, 0.3) is 5.65 Å². The molecule has 0 aliphatic heterocycles. The molecule has 2 heterocycles. The normalized spacial score (nSPS) is 11.8. The number of hydrogen-bond donors (Lipinski definition) is 0. The van der Waals surface area contributed by atoms with Crippen molar-refractivity contribution >= 4 is 33.1 Å². The van der Waals surface area contributed by atoms with Crippen LogP contribution in [0, 0.1) is 0 Å². The number of imidazole rings is 1. The van der Waals surface area contributed by atoms with Crippen LogP contribution in [0.2, 0.25) is 5.02 Å². The van der Waals surface area contributed by atoms with Crippen LogP contribution in [0.15, 0.2) is 53.7 Å². The largest absolute Gasteiger partial charge is 0.456 e. The Hall–Kier alpha value is -2.52. The Bertz CT molecular complexity index is 1070. The van der Waals surface area contributed by atoms with Crippen molar-refractivity contribution in [1.29, 1.82) is 0 Å². The van der Waals surface area contributed by atoms with E-state index in [1.807, 2.05) is 0 Å². The maximum absolute atomic E-state index is 12.5. The van der Waals surface area contributed by atoms with Crippen LogP contribution in [0.3, 0.4) is 0 Å². The molecule has 0 atom stereocenters. The average Bonchev–Trinajstić information content (AvgIpc) is 3.01. The number of hydrogen-bond acceptors (Lipinski definition) is 5. The Morgan fingerprint density at radius 1 is 1.15 bits per heavy atom. The van der Waals surface area contributed by atoms with Gasteiger partial charge in [0.25, 0.3) is 0 Å². The van der Waals surface area contributed by atoms with Crippen molar-refractivity contribution in [3.63, 3.8) is 0 Å². The molecular weight excluding hydrogens is 390 g/mol. The van der Waals surface area contributed by atoms with E-state index in [1.165, 1.54) is 0 Å². The van der Waals surface area contributed by atoms with Gasteiger partial charge in [-0.2, -0.15) is 8.78 Å². The summed E-state index contributed by atoms with van der Waals surface area (Å²) in [5, 5.41) is 0.525. The zero-order valence-electron chi connectivity index (χ0n) is 13.0. The summed E-state index contributed by atoms with van der Waals surface area (Å²) in [6.07, 6.45) is 3.30. The van der Waals surface area contributed by atoms with Crippen LogP contribution < -0.4 is 0 Å². The fourth-order valence-electron chi connectivity index (χ4n) is 2.19. The number of carbonyl (C=O) groups excluding carboxylic acids is 1. The van der Waals surface area contributed by atoms with E-state index in [2.05, 4.69) is 4.98 Å². The Morgan fingerprint density at radius 3 is 2.50 bits per heavy atom. The Balaban J connectivity index is 1.69. The molecule has 0 unspecified atom stereocenters. The van der Waals surface area contributed by atoms with Gasteiger partial charge in [-0.3, -0.25) is 0 Å². The van der Waals surface area contributed by atoms with Crippen molar-refractivity contribution < 1.29 is 26.7 Å². The predicted octanol–water partition coefficient (Wildman–Crippen LogP) is 3.34. The molecule has 1 aromatic carbocycles. The molecule has 0 N–H and O–H groups in total. The van der Waals surface area contributed by atoms with E-state index in [0.717, 1.165) is 24.3 Å². The average molecular weight is 401 g/mol. The van der Waals surface area contributed by atoms with Crippen molar-refractivity contribution in [3.05, 3.63) is 65.1 Å². The van der Waals surface area contributed by atoms with Gasteiger partial charge in [0.05, 0.1) is 21.2 Å². The lowest BCUT2D eigenvalue weighted by Gasteiger charge is -2.05. The first-order valence-electron chi connectivity index (χ1n) is 7.20. The SMILES string of the molecule is O=C(OCc1cn2cc(Cl)ccc2n1)c1ccc(S(=O)(=O)C(F)F)cc1. The van der Waals surface area contributed by atoms with Gasteiger partial charge >= 0.3 is 11.7 Å². The van der Waals surface area contributed by atoms with E-state index < -0.39 is 26.5 Å². The van der Waals surface area contributed by atoms with E-state index in [1.54, 1.807) is 28.9 Å². The molecule has 3 aromatic rings. The predicted molar refractivity (Wildman–Crippen MR) is 89.0 cm³/mol. The first-order chi connectivity index (χ1) is 12.3. The molecule has 0 radical (unpaired) electrons.